The van der Waals surface area contributed by atoms with Crippen LogP contribution in [0.4, 0.5) is 5.69 Å². The fraction of sp³-hybridized carbons (Fsp3) is 0.0500. The number of ether oxygens (including phenoxy) is 1. The van der Waals surface area contributed by atoms with E-state index >= 15 is 0 Å². The van der Waals surface area contributed by atoms with Crippen LogP contribution < -0.4 is 10.1 Å². The average molecular weight is 346 g/mol. The van der Waals surface area contributed by atoms with Gasteiger partial charge < -0.3 is 14.5 Å². The second-order valence-electron chi connectivity index (χ2n) is 5.34. The van der Waals surface area contributed by atoms with Crippen LogP contribution in [0.5, 0.6) is 11.5 Å². The van der Waals surface area contributed by atoms with Crippen LogP contribution in [-0.2, 0) is 4.79 Å². The first-order valence-corrected chi connectivity index (χ1v) is 7.78. The molecule has 1 atom stereocenters. The van der Waals surface area contributed by atoms with Crippen LogP contribution in [-0.4, -0.2) is 11.7 Å². The number of carbonyl (C=O) groups is 2. The van der Waals surface area contributed by atoms with E-state index < -0.39 is 17.6 Å². The third kappa shape index (κ3) is 3.79. The van der Waals surface area contributed by atoms with E-state index in [0.29, 0.717) is 17.2 Å². The molecule has 0 bridgehead atoms. The minimum atomic E-state index is -1.49. The van der Waals surface area contributed by atoms with Gasteiger partial charge in [-0.2, -0.15) is 5.26 Å². The van der Waals surface area contributed by atoms with Crippen LogP contribution in [0.1, 0.15) is 10.4 Å². The molecule has 26 heavy (non-hydrogen) atoms. The maximum atomic E-state index is 12.4. The molecule has 3 aromatic rings. The molecule has 1 amide bonds. The van der Waals surface area contributed by atoms with E-state index in [1.165, 1.54) is 18.6 Å². The number of Topliss-reactive ketones (excluding diaryl/α,β-unsaturated/α-hetero) is 1. The zero-order chi connectivity index (χ0) is 18.4. The van der Waals surface area contributed by atoms with Gasteiger partial charge in [0.25, 0.3) is 0 Å². The van der Waals surface area contributed by atoms with Crippen molar-refractivity contribution in [2.24, 2.45) is 5.92 Å². The molecule has 0 saturated carbocycles. The summed E-state index contributed by atoms with van der Waals surface area (Å²) >= 11 is 0. The molecular weight excluding hydrogens is 332 g/mol. The minimum absolute atomic E-state index is 0.167. The number of amides is 1. The minimum Gasteiger partial charge on any atom is -0.472 e. The Morgan fingerprint density at radius 3 is 2.46 bits per heavy atom. The molecule has 0 radical (unpaired) electrons. The van der Waals surface area contributed by atoms with Crippen LogP contribution in [0.15, 0.2) is 77.6 Å². The maximum absolute atomic E-state index is 12.4. The van der Waals surface area contributed by atoms with Gasteiger partial charge >= 0.3 is 0 Å². The molecule has 6 nitrogen and oxygen atoms in total. The summed E-state index contributed by atoms with van der Waals surface area (Å²) < 4.78 is 10.6. The highest BCUT2D eigenvalue weighted by Crippen LogP contribution is 2.29. The first-order chi connectivity index (χ1) is 12.7. The SMILES string of the molecule is N#C[C@@H](C(=O)Nc1ccccc1Oc1ccccc1)C(=O)c1ccoc1. The van der Waals surface area contributed by atoms with Gasteiger partial charge in [-0.3, -0.25) is 9.59 Å². The fourth-order valence-corrected chi connectivity index (χ4v) is 2.29. The van der Waals surface area contributed by atoms with Gasteiger partial charge in [-0.05, 0) is 30.3 Å². The molecule has 0 unspecified atom stereocenters. The number of anilines is 1. The van der Waals surface area contributed by atoms with Gasteiger partial charge in [-0.25, -0.2) is 0 Å². The molecule has 1 heterocycles. The van der Waals surface area contributed by atoms with E-state index in [0.717, 1.165) is 0 Å². The number of hydrogen-bond donors (Lipinski definition) is 1. The van der Waals surface area contributed by atoms with Crippen LogP contribution in [0, 0.1) is 17.2 Å². The van der Waals surface area contributed by atoms with Crippen molar-refractivity contribution in [1.82, 2.24) is 0 Å². The number of nitrogens with one attached hydrogen (secondary N) is 1. The van der Waals surface area contributed by atoms with Crippen LogP contribution in [0.25, 0.3) is 0 Å². The molecule has 0 saturated heterocycles. The molecule has 1 aromatic heterocycles. The Hall–Kier alpha value is -3.85. The number of furan rings is 1. The van der Waals surface area contributed by atoms with Gasteiger partial charge in [0.1, 0.15) is 12.0 Å². The first kappa shape index (κ1) is 17.0. The summed E-state index contributed by atoms with van der Waals surface area (Å²) in [6.07, 6.45) is 2.51. The van der Waals surface area contributed by atoms with Gasteiger partial charge in [0.2, 0.25) is 5.91 Å². The van der Waals surface area contributed by atoms with Gasteiger partial charge in [0.05, 0.1) is 23.6 Å². The maximum Gasteiger partial charge on any atom is 0.249 e. The third-order valence-electron chi connectivity index (χ3n) is 3.58. The van der Waals surface area contributed by atoms with Crippen LogP contribution in [0.2, 0.25) is 0 Å². The molecule has 1 N–H and O–H groups in total. The Morgan fingerprint density at radius 2 is 1.77 bits per heavy atom. The number of para-hydroxylation sites is 3. The summed E-state index contributed by atoms with van der Waals surface area (Å²) in [6.45, 7) is 0. The van der Waals surface area contributed by atoms with Gasteiger partial charge in [-0.15, -0.1) is 0 Å². The zero-order valence-electron chi connectivity index (χ0n) is 13.6. The lowest BCUT2D eigenvalue weighted by atomic mass is 10.00. The molecule has 0 aliphatic rings. The van der Waals surface area contributed by atoms with Crippen LogP contribution in [0.3, 0.4) is 0 Å². The smallest absolute Gasteiger partial charge is 0.249 e. The van der Waals surface area contributed by atoms with Crippen molar-refractivity contribution in [3.63, 3.8) is 0 Å². The molecule has 3 rings (SSSR count). The number of benzene rings is 2. The molecule has 0 spiro atoms. The van der Waals surface area contributed by atoms with E-state index in [1.807, 2.05) is 18.2 Å². The molecule has 128 valence electrons. The van der Waals surface area contributed by atoms with Crippen molar-refractivity contribution < 1.29 is 18.7 Å². The normalized spacial score (nSPS) is 11.2. The second kappa shape index (κ2) is 7.81. The molecule has 0 aliphatic heterocycles. The molecule has 6 heteroatoms. The highest BCUT2D eigenvalue weighted by Gasteiger charge is 2.28. The van der Waals surface area contributed by atoms with Crippen molar-refractivity contribution in [3.8, 4) is 17.6 Å². The third-order valence-corrected chi connectivity index (χ3v) is 3.58. The number of nitriles is 1. The summed E-state index contributed by atoms with van der Waals surface area (Å²) in [4.78, 5) is 24.7. The number of nitrogens with zero attached hydrogens (tertiary/aromatic N) is 1. The summed E-state index contributed by atoms with van der Waals surface area (Å²) in [5.41, 5.74) is 0.530. The lowest BCUT2D eigenvalue weighted by Gasteiger charge is -2.13. The predicted molar refractivity (Wildman–Crippen MR) is 93.7 cm³/mol. The lowest BCUT2D eigenvalue weighted by Crippen LogP contribution is -2.28. The van der Waals surface area contributed by atoms with Crippen molar-refractivity contribution in [2.75, 3.05) is 5.32 Å². The highest BCUT2D eigenvalue weighted by molar-refractivity contribution is 6.15. The molecule has 0 aliphatic carbocycles. The van der Waals surface area contributed by atoms with E-state index in [-0.39, 0.29) is 5.56 Å². The monoisotopic (exact) mass is 346 g/mol. The number of ketones is 1. The largest absolute Gasteiger partial charge is 0.472 e. The predicted octanol–water partition coefficient (Wildman–Crippen LogP) is 4.03. The first-order valence-electron chi connectivity index (χ1n) is 7.78. The average Bonchev–Trinajstić information content (AvgIpc) is 3.19. The number of carbonyl (C=O) groups excluding carboxylic acids is 2. The quantitative estimate of drug-likeness (QED) is 0.537. The number of rotatable bonds is 6. The van der Waals surface area contributed by atoms with Crippen molar-refractivity contribution in [3.05, 3.63) is 78.8 Å². The van der Waals surface area contributed by atoms with Crippen LogP contribution >= 0.6 is 0 Å². The van der Waals surface area contributed by atoms with Crippen molar-refractivity contribution >= 4 is 17.4 Å². The fourth-order valence-electron chi connectivity index (χ4n) is 2.29. The molecule has 0 fully saturated rings. The second-order valence-corrected chi connectivity index (χ2v) is 5.34. The van der Waals surface area contributed by atoms with E-state index in [2.05, 4.69) is 5.32 Å². The Balaban J connectivity index is 1.79. The van der Waals surface area contributed by atoms with Gasteiger partial charge in [0.15, 0.2) is 17.5 Å². The molecular formula is C20H14N2O4. The van der Waals surface area contributed by atoms with E-state index in [1.54, 1.807) is 42.5 Å². The van der Waals surface area contributed by atoms with E-state index in [4.69, 9.17) is 9.15 Å². The zero-order valence-corrected chi connectivity index (χ0v) is 13.6. The standard InChI is InChI=1S/C20H14N2O4/c21-12-16(19(23)14-10-11-25-13-14)20(24)22-17-8-4-5-9-18(17)26-15-6-2-1-3-7-15/h1-11,13,16H,(H,22,24)/t16-/m1/s1. The Labute approximate surface area is 149 Å². The summed E-state index contributed by atoms with van der Waals surface area (Å²) in [6, 6.07) is 19.0. The van der Waals surface area contributed by atoms with Gasteiger partial charge in [0, 0.05) is 0 Å². The summed E-state index contributed by atoms with van der Waals surface area (Å²) in [5, 5.41) is 11.8. The van der Waals surface area contributed by atoms with Crippen molar-refractivity contribution in [2.45, 2.75) is 0 Å². The summed E-state index contributed by atoms with van der Waals surface area (Å²) in [7, 11) is 0. The highest BCUT2D eigenvalue weighted by atomic mass is 16.5. The van der Waals surface area contributed by atoms with Gasteiger partial charge in [-0.1, -0.05) is 30.3 Å². The topological polar surface area (TPSA) is 92.3 Å². The number of hydrogen-bond acceptors (Lipinski definition) is 5. The molecule has 2 aromatic carbocycles. The lowest BCUT2D eigenvalue weighted by molar-refractivity contribution is -0.117. The Bertz CT molecular complexity index is 943. The Morgan fingerprint density at radius 1 is 1.04 bits per heavy atom. The Kier molecular flexibility index (Phi) is 5.11. The summed E-state index contributed by atoms with van der Waals surface area (Å²) in [5.74, 6) is -1.85. The van der Waals surface area contributed by atoms with Crippen molar-refractivity contribution in [1.29, 1.82) is 5.26 Å². The van der Waals surface area contributed by atoms with E-state index in [9.17, 15) is 14.9 Å².